The normalized spacial score (nSPS) is 26.9. The number of nitrogens with one attached hydrogen (secondary N) is 1. The Morgan fingerprint density at radius 1 is 1.62 bits per heavy atom. The smallest absolute Gasteiger partial charge is 0.185 e. The number of carbonyl (C=O) groups excluding carboxylic acids is 1. The Balaban J connectivity index is 2.40. The minimum Gasteiger partial charge on any atom is -0.369 e. The molecule has 1 aliphatic heterocycles. The summed E-state index contributed by atoms with van der Waals surface area (Å²) in [6, 6.07) is 0. The Hall–Kier alpha value is -1.16. The average molecular weight is 180 g/mol. The number of aromatic amines is 1. The summed E-state index contributed by atoms with van der Waals surface area (Å²) < 4.78 is 5.57. The second-order valence-corrected chi connectivity index (χ2v) is 3.40. The second-order valence-electron chi connectivity index (χ2n) is 3.40. The van der Waals surface area contributed by atoms with E-state index in [0.29, 0.717) is 5.82 Å². The van der Waals surface area contributed by atoms with Crippen LogP contribution in [0.2, 0.25) is 0 Å². The molecule has 2 rings (SSSR count). The van der Waals surface area contributed by atoms with Gasteiger partial charge in [0.2, 0.25) is 0 Å². The molecule has 2 unspecified atom stereocenters. The number of carbonyl (C=O) groups is 1. The summed E-state index contributed by atoms with van der Waals surface area (Å²) >= 11 is 0. The lowest BCUT2D eigenvalue weighted by Gasteiger charge is -2.23. The highest BCUT2D eigenvalue weighted by Crippen LogP contribution is 2.27. The number of imidazole rings is 1. The maximum Gasteiger partial charge on any atom is 0.185 e. The number of nitrogens with zero attached hydrogens (tertiary/aromatic N) is 1. The van der Waals surface area contributed by atoms with E-state index in [1.807, 2.05) is 13.8 Å². The van der Waals surface area contributed by atoms with Gasteiger partial charge in [-0.25, -0.2) is 4.98 Å². The molecule has 2 heterocycles. The largest absolute Gasteiger partial charge is 0.369 e. The van der Waals surface area contributed by atoms with Gasteiger partial charge in [0.1, 0.15) is 0 Å². The van der Waals surface area contributed by atoms with E-state index in [1.54, 1.807) is 0 Å². The number of fused-ring (bicyclic) bond motifs is 1. The number of aromatic nitrogens is 2. The van der Waals surface area contributed by atoms with Crippen LogP contribution in [-0.2, 0) is 11.2 Å². The van der Waals surface area contributed by atoms with Crippen molar-refractivity contribution in [2.75, 3.05) is 0 Å². The van der Waals surface area contributed by atoms with Crippen molar-refractivity contribution in [1.82, 2.24) is 9.97 Å². The maximum absolute atomic E-state index is 10.5. The van der Waals surface area contributed by atoms with E-state index in [2.05, 4.69) is 9.97 Å². The van der Waals surface area contributed by atoms with Crippen molar-refractivity contribution in [1.29, 1.82) is 0 Å². The first kappa shape index (κ1) is 8.44. The lowest BCUT2D eigenvalue weighted by Crippen LogP contribution is -2.21. The number of H-pyrrole nitrogens is 1. The molecule has 1 aliphatic rings. The number of aldehydes is 1. The second kappa shape index (κ2) is 2.96. The molecule has 0 aliphatic carbocycles. The SMILES string of the molecule is CC1Cc2[nH]c(C=O)nc2C(C)O1. The standard InChI is InChI=1S/C9H12N2O2/c1-5-3-7-9(6(2)13-5)11-8(4-12)10-7/h4-6H,3H2,1-2H3,(H,10,11). The summed E-state index contributed by atoms with van der Waals surface area (Å²) in [7, 11) is 0. The first-order valence-electron chi connectivity index (χ1n) is 4.40. The number of rotatable bonds is 1. The van der Waals surface area contributed by atoms with Crippen LogP contribution in [0.3, 0.4) is 0 Å². The number of hydrogen-bond donors (Lipinski definition) is 1. The van der Waals surface area contributed by atoms with Crippen LogP contribution in [0, 0.1) is 0 Å². The quantitative estimate of drug-likeness (QED) is 0.661. The predicted octanol–water partition coefficient (Wildman–Crippen LogP) is 1.24. The molecular weight excluding hydrogens is 168 g/mol. The number of ether oxygens (including phenoxy) is 1. The summed E-state index contributed by atoms with van der Waals surface area (Å²) in [5, 5.41) is 0. The monoisotopic (exact) mass is 180 g/mol. The van der Waals surface area contributed by atoms with Crippen LogP contribution >= 0.6 is 0 Å². The van der Waals surface area contributed by atoms with Crippen LogP contribution < -0.4 is 0 Å². The highest BCUT2D eigenvalue weighted by molar-refractivity contribution is 5.69. The zero-order chi connectivity index (χ0) is 9.42. The number of hydrogen-bond acceptors (Lipinski definition) is 3. The fourth-order valence-corrected chi connectivity index (χ4v) is 1.74. The van der Waals surface area contributed by atoms with E-state index in [0.717, 1.165) is 24.1 Å². The van der Waals surface area contributed by atoms with Gasteiger partial charge in [-0.15, -0.1) is 0 Å². The van der Waals surface area contributed by atoms with Crippen LogP contribution in [0.25, 0.3) is 0 Å². The molecule has 0 fully saturated rings. The van der Waals surface area contributed by atoms with Gasteiger partial charge in [-0.1, -0.05) is 0 Å². The molecule has 0 spiro atoms. The van der Waals surface area contributed by atoms with Crippen molar-refractivity contribution < 1.29 is 9.53 Å². The van der Waals surface area contributed by atoms with Gasteiger partial charge in [0.15, 0.2) is 12.1 Å². The third-order valence-electron chi connectivity index (χ3n) is 2.25. The van der Waals surface area contributed by atoms with Gasteiger partial charge in [-0.05, 0) is 13.8 Å². The lowest BCUT2D eigenvalue weighted by molar-refractivity contribution is -0.00755. The first-order valence-corrected chi connectivity index (χ1v) is 4.40. The zero-order valence-corrected chi connectivity index (χ0v) is 7.70. The molecule has 4 heteroatoms. The van der Waals surface area contributed by atoms with E-state index >= 15 is 0 Å². The van der Waals surface area contributed by atoms with Crippen molar-refractivity contribution >= 4 is 6.29 Å². The van der Waals surface area contributed by atoms with E-state index in [9.17, 15) is 4.79 Å². The highest BCUT2D eigenvalue weighted by atomic mass is 16.5. The van der Waals surface area contributed by atoms with Gasteiger partial charge < -0.3 is 9.72 Å². The Morgan fingerprint density at radius 3 is 3.08 bits per heavy atom. The first-order chi connectivity index (χ1) is 6.20. The molecule has 70 valence electrons. The van der Waals surface area contributed by atoms with Crippen LogP contribution in [0.1, 0.15) is 42.0 Å². The fraction of sp³-hybridized carbons (Fsp3) is 0.556. The van der Waals surface area contributed by atoms with Crippen LogP contribution in [0.15, 0.2) is 0 Å². The molecule has 13 heavy (non-hydrogen) atoms. The van der Waals surface area contributed by atoms with Crippen molar-refractivity contribution in [3.05, 3.63) is 17.2 Å². The summed E-state index contributed by atoms with van der Waals surface area (Å²) in [6.45, 7) is 3.96. The van der Waals surface area contributed by atoms with Gasteiger partial charge in [0.25, 0.3) is 0 Å². The Morgan fingerprint density at radius 2 is 2.38 bits per heavy atom. The summed E-state index contributed by atoms with van der Waals surface area (Å²) in [5.74, 6) is 0.398. The van der Waals surface area contributed by atoms with Gasteiger partial charge >= 0.3 is 0 Å². The van der Waals surface area contributed by atoms with Gasteiger partial charge in [0, 0.05) is 12.1 Å². The molecule has 0 radical (unpaired) electrons. The molecule has 1 aromatic heterocycles. The third kappa shape index (κ3) is 1.37. The maximum atomic E-state index is 10.5. The Labute approximate surface area is 76.3 Å². The average Bonchev–Trinajstić information content (AvgIpc) is 2.47. The van der Waals surface area contributed by atoms with Gasteiger partial charge in [0.05, 0.1) is 17.9 Å². The third-order valence-corrected chi connectivity index (χ3v) is 2.25. The Bertz CT molecular complexity index is 332. The highest BCUT2D eigenvalue weighted by Gasteiger charge is 2.25. The van der Waals surface area contributed by atoms with E-state index in [4.69, 9.17) is 4.74 Å². The van der Waals surface area contributed by atoms with Gasteiger partial charge in [-0.3, -0.25) is 4.79 Å². The van der Waals surface area contributed by atoms with E-state index in [-0.39, 0.29) is 12.2 Å². The minimum absolute atomic E-state index is 0.0105. The molecule has 2 atom stereocenters. The van der Waals surface area contributed by atoms with Crippen molar-refractivity contribution in [2.24, 2.45) is 0 Å². The van der Waals surface area contributed by atoms with Crippen molar-refractivity contribution in [2.45, 2.75) is 32.5 Å². The van der Waals surface area contributed by atoms with E-state index in [1.165, 1.54) is 0 Å². The lowest BCUT2D eigenvalue weighted by atomic mass is 10.1. The molecule has 0 aromatic carbocycles. The van der Waals surface area contributed by atoms with Crippen LogP contribution in [0.5, 0.6) is 0 Å². The molecule has 0 saturated heterocycles. The summed E-state index contributed by atoms with van der Waals surface area (Å²) in [4.78, 5) is 17.6. The van der Waals surface area contributed by atoms with Crippen LogP contribution in [-0.4, -0.2) is 22.4 Å². The molecule has 0 saturated carbocycles. The minimum atomic E-state index is -0.0105. The Kier molecular flexibility index (Phi) is 1.92. The molecule has 4 nitrogen and oxygen atoms in total. The molecule has 0 bridgehead atoms. The molecular formula is C9H12N2O2. The topological polar surface area (TPSA) is 55.0 Å². The molecule has 1 N–H and O–H groups in total. The fourth-order valence-electron chi connectivity index (χ4n) is 1.74. The molecule has 1 aromatic rings. The molecule has 0 amide bonds. The van der Waals surface area contributed by atoms with E-state index < -0.39 is 0 Å². The predicted molar refractivity (Wildman–Crippen MR) is 46.6 cm³/mol. The zero-order valence-electron chi connectivity index (χ0n) is 7.70. The summed E-state index contributed by atoms with van der Waals surface area (Å²) in [6.07, 6.45) is 1.72. The van der Waals surface area contributed by atoms with Crippen molar-refractivity contribution in [3.8, 4) is 0 Å². The summed E-state index contributed by atoms with van der Waals surface area (Å²) in [5.41, 5.74) is 1.91. The van der Waals surface area contributed by atoms with Crippen molar-refractivity contribution in [3.63, 3.8) is 0 Å². The van der Waals surface area contributed by atoms with Crippen LogP contribution in [0.4, 0.5) is 0 Å². The van der Waals surface area contributed by atoms with Gasteiger partial charge in [-0.2, -0.15) is 0 Å².